The molecule has 1 aromatic rings. The maximum atomic E-state index is 12.8. The molecule has 2 amide bonds. The summed E-state index contributed by atoms with van der Waals surface area (Å²) in [6.07, 6.45) is 1.87. The lowest BCUT2D eigenvalue weighted by molar-refractivity contribution is -0.141. The van der Waals surface area contributed by atoms with Crippen molar-refractivity contribution >= 4 is 11.8 Å². The maximum Gasteiger partial charge on any atom is 0.235 e. The van der Waals surface area contributed by atoms with Crippen molar-refractivity contribution in [1.29, 1.82) is 0 Å². The molecule has 0 atom stereocenters. The minimum absolute atomic E-state index is 0.269. The van der Waals surface area contributed by atoms with E-state index in [2.05, 4.69) is 10.6 Å². The first-order chi connectivity index (χ1) is 9.87. The molecule has 0 unspecified atom stereocenters. The Hall–Kier alpha value is -1.91. The van der Waals surface area contributed by atoms with Gasteiger partial charge in [-0.3, -0.25) is 9.59 Å². The van der Waals surface area contributed by atoms with Crippen molar-refractivity contribution in [2.45, 2.75) is 40.2 Å². The molecular weight excluding hydrogens is 271 g/mol. The number of benzene rings is 1. The van der Waals surface area contributed by atoms with Gasteiger partial charge in [-0.25, -0.2) is 4.39 Å². The van der Waals surface area contributed by atoms with Gasteiger partial charge in [0.15, 0.2) is 0 Å². The maximum absolute atomic E-state index is 12.8. The van der Waals surface area contributed by atoms with E-state index in [9.17, 15) is 14.0 Å². The van der Waals surface area contributed by atoms with Crippen molar-refractivity contribution in [2.24, 2.45) is 5.41 Å². The molecule has 4 nitrogen and oxygen atoms in total. The molecule has 0 aliphatic heterocycles. The number of amides is 2. The third-order valence-corrected chi connectivity index (χ3v) is 3.32. The Balaban J connectivity index is 2.52. The number of rotatable bonds is 7. The first-order valence-corrected chi connectivity index (χ1v) is 7.19. The van der Waals surface area contributed by atoms with E-state index < -0.39 is 5.41 Å². The number of carbonyl (C=O) groups excluding carboxylic acids is 2. The summed E-state index contributed by atoms with van der Waals surface area (Å²) in [6, 6.07) is 5.88. The molecule has 1 aromatic carbocycles. The predicted octanol–water partition coefficient (Wildman–Crippen LogP) is 2.38. The minimum atomic E-state index is -1.13. The van der Waals surface area contributed by atoms with Crippen LogP contribution in [0.5, 0.6) is 0 Å². The van der Waals surface area contributed by atoms with Crippen molar-refractivity contribution < 1.29 is 14.0 Å². The zero-order chi connectivity index (χ0) is 15.9. The van der Waals surface area contributed by atoms with E-state index in [0.717, 1.165) is 18.4 Å². The van der Waals surface area contributed by atoms with Crippen molar-refractivity contribution in [3.05, 3.63) is 35.6 Å². The molecule has 21 heavy (non-hydrogen) atoms. The summed E-state index contributed by atoms with van der Waals surface area (Å²) in [5.41, 5.74) is -0.347. The Labute approximate surface area is 125 Å². The Morgan fingerprint density at radius 2 is 1.67 bits per heavy atom. The SMILES string of the molecule is CCCCNC(=O)C(C)(C)C(=O)NCc1ccc(F)cc1. The van der Waals surface area contributed by atoms with Crippen LogP contribution in [0, 0.1) is 11.2 Å². The number of hydrogen-bond acceptors (Lipinski definition) is 2. The van der Waals surface area contributed by atoms with Gasteiger partial charge in [-0.1, -0.05) is 25.5 Å². The van der Waals surface area contributed by atoms with E-state index in [-0.39, 0.29) is 24.2 Å². The quantitative estimate of drug-likeness (QED) is 0.599. The lowest BCUT2D eigenvalue weighted by Gasteiger charge is -2.22. The van der Waals surface area contributed by atoms with Gasteiger partial charge < -0.3 is 10.6 Å². The molecule has 0 fully saturated rings. The van der Waals surface area contributed by atoms with Crippen LogP contribution in [0.4, 0.5) is 4.39 Å². The number of hydrogen-bond donors (Lipinski definition) is 2. The predicted molar refractivity (Wildman–Crippen MR) is 79.9 cm³/mol. The number of nitrogens with one attached hydrogen (secondary N) is 2. The third kappa shape index (κ3) is 5.17. The van der Waals surface area contributed by atoms with E-state index in [1.807, 2.05) is 6.92 Å². The van der Waals surface area contributed by atoms with Crippen LogP contribution >= 0.6 is 0 Å². The molecule has 0 heterocycles. The number of carbonyl (C=O) groups is 2. The molecule has 0 bridgehead atoms. The van der Waals surface area contributed by atoms with Crippen LogP contribution in [0.1, 0.15) is 39.2 Å². The van der Waals surface area contributed by atoms with Gasteiger partial charge in [-0.2, -0.15) is 0 Å². The molecule has 5 heteroatoms. The summed E-state index contributed by atoms with van der Waals surface area (Å²) >= 11 is 0. The molecule has 0 aromatic heterocycles. The van der Waals surface area contributed by atoms with Gasteiger partial charge in [0.1, 0.15) is 11.2 Å². The van der Waals surface area contributed by atoms with Gasteiger partial charge in [-0.05, 0) is 38.0 Å². The van der Waals surface area contributed by atoms with Crippen molar-refractivity contribution in [2.75, 3.05) is 6.54 Å². The second-order valence-corrected chi connectivity index (χ2v) is 5.54. The van der Waals surface area contributed by atoms with Crippen LogP contribution in [-0.2, 0) is 16.1 Å². The molecule has 116 valence electrons. The van der Waals surface area contributed by atoms with E-state index in [4.69, 9.17) is 0 Å². The molecule has 0 saturated heterocycles. The standard InChI is InChI=1S/C16H23FN2O2/c1-4-5-10-18-14(20)16(2,3)15(21)19-11-12-6-8-13(17)9-7-12/h6-9H,4-5,10-11H2,1-3H3,(H,18,20)(H,19,21). The Morgan fingerprint density at radius 1 is 1.10 bits per heavy atom. The summed E-state index contributed by atoms with van der Waals surface area (Å²) < 4.78 is 12.8. The Bertz CT molecular complexity index is 484. The highest BCUT2D eigenvalue weighted by atomic mass is 19.1. The molecule has 0 spiro atoms. The molecule has 2 N–H and O–H groups in total. The highest BCUT2D eigenvalue weighted by Gasteiger charge is 2.35. The van der Waals surface area contributed by atoms with E-state index >= 15 is 0 Å². The largest absolute Gasteiger partial charge is 0.355 e. The lowest BCUT2D eigenvalue weighted by Crippen LogP contribution is -2.47. The average Bonchev–Trinajstić information content (AvgIpc) is 2.46. The summed E-state index contributed by atoms with van der Waals surface area (Å²) in [4.78, 5) is 24.1. The Kier molecular flexibility index (Phi) is 6.34. The van der Waals surface area contributed by atoms with Gasteiger partial charge in [0.05, 0.1) is 0 Å². The van der Waals surface area contributed by atoms with Crippen molar-refractivity contribution in [3.63, 3.8) is 0 Å². The molecule has 1 rings (SSSR count). The fourth-order valence-corrected chi connectivity index (χ4v) is 1.71. The highest BCUT2D eigenvalue weighted by molar-refractivity contribution is 6.04. The first kappa shape index (κ1) is 17.1. The van der Waals surface area contributed by atoms with Gasteiger partial charge in [0.2, 0.25) is 11.8 Å². The topological polar surface area (TPSA) is 58.2 Å². The number of unbranched alkanes of at least 4 members (excludes halogenated alkanes) is 1. The van der Waals surface area contributed by atoms with E-state index in [0.29, 0.717) is 6.54 Å². The summed E-state index contributed by atoms with van der Waals surface area (Å²) in [5, 5.41) is 5.47. The van der Waals surface area contributed by atoms with Crippen LogP contribution in [0.15, 0.2) is 24.3 Å². The third-order valence-electron chi connectivity index (χ3n) is 3.32. The zero-order valence-electron chi connectivity index (χ0n) is 12.8. The fraction of sp³-hybridized carbons (Fsp3) is 0.500. The first-order valence-electron chi connectivity index (χ1n) is 7.19. The smallest absolute Gasteiger partial charge is 0.235 e. The summed E-state index contributed by atoms with van der Waals surface area (Å²) in [5.74, 6) is -0.950. The second kappa shape index (κ2) is 7.76. The van der Waals surface area contributed by atoms with Gasteiger partial charge in [0.25, 0.3) is 0 Å². The zero-order valence-corrected chi connectivity index (χ0v) is 12.8. The van der Waals surface area contributed by atoms with E-state index in [1.165, 1.54) is 12.1 Å². The number of halogens is 1. The summed E-state index contributed by atoms with van der Waals surface area (Å²) in [6.45, 7) is 6.06. The van der Waals surface area contributed by atoms with Crippen LogP contribution in [0.25, 0.3) is 0 Å². The van der Waals surface area contributed by atoms with Crippen LogP contribution in [0.2, 0.25) is 0 Å². The summed E-state index contributed by atoms with van der Waals surface area (Å²) in [7, 11) is 0. The van der Waals surface area contributed by atoms with Gasteiger partial charge in [0, 0.05) is 13.1 Å². The van der Waals surface area contributed by atoms with Crippen molar-refractivity contribution in [3.8, 4) is 0 Å². The van der Waals surface area contributed by atoms with Crippen LogP contribution < -0.4 is 10.6 Å². The normalized spacial score (nSPS) is 11.0. The lowest BCUT2D eigenvalue weighted by atomic mass is 9.91. The molecule has 0 aliphatic rings. The average molecular weight is 294 g/mol. The van der Waals surface area contributed by atoms with Crippen LogP contribution in [0.3, 0.4) is 0 Å². The highest BCUT2D eigenvalue weighted by Crippen LogP contribution is 2.16. The fourth-order valence-electron chi connectivity index (χ4n) is 1.71. The van der Waals surface area contributed by atoms with E-state index in [1.54, 1.807) is 26.0 Å². The van der Waals surface area contributed by atoms with Crippen LogP contribution in [-0.4, -0.2) is 18.4 Å². The molecule has 0 saturated carbocycles. The second-order valence-electron chi connectivity index (χ2n) is 5.54. The molecule has 0 aliphatic carbocycles. The molecule has 0 radical (unpaired) electrons. The Morgan fingerprint density at radius 3 is 2.24 bits per heavy atom. The van der Waals surface area contributed by atoms with Gasteiger partial charge in [-0.15, -0.1) is 0 Å². The molecular formula is C16H23FN2O2. The minimum Gasteiger partial charge on any atom is -0.355 e. The van der Waals surface area contributed by atoms with Gasteiger partial charge >= 0.3 is 0 Å². The monoisotopic (exact) mass is 294 g/mol. The van der Waals surface area contributed by atoms with Crippen molar-refractivity contribution in [1.82, 2.24) is 10.6 Å².